The minimum absolute atomic E-state index is 0.125. The van der Waals surface area contributed by atoms with Gasteiger partial charge in [0.2, 0.25) is 0 Å². The van der Waals surface area contributed by atoms with Gasteiger partial charge in [0, 0.05) is 10.6 Å². The Hall–Kier alpha value is -1.21. The van der Waals surface area contributed by atoms with Crippen LogP contribution in [0.5, 0.6) is 0 Å². The lowest BCUT2D eigenvalue weighted by Gasteiger charge is -2.36. The Kier molecular flexibility index (Phi) is 3.78. The van der Waals surface area contributed by atoms with Gasteiger partial charge in [-0.3, -0.25) is 5.32 Å². The molecule has 0 spiro atoms. The van der Waals surface area contributed by atoms with Crippen molar-refractivity contribution >= 4 is 17.7 Å². The number of hydrogen-bond acceptors (Lipinski definition) is 3. The summed E-state index contributed by atoms with van der Waals surface area (Å²) < 4.78 is 37.1. The van der Waals surface area contributed by atoms with E-state index in [1.54, 1.807) is 24.3 Å². The third-order valence-electron chi connectivity index (χ3n) is 3.04. The number of nitrogens with one attached hydrogen (secondary N) is 1. The maximum atomic E-state index is 12.4. The summed E-state index contributed by atoms with van der Waals surface area (Å²) in [7, 11) is 0. The minimum atomic E-state index is -4.44. The molecule has 0 bridgehead atoms. The summed E-state index contributed by atoms with van der Waals surface area (Å²) in [5.74, 6) is -0.807. The smallest absolute Gasteiger partial charge is 0.401 e. The van der Waals surface area contributed by atoms with E-state index in [1.807, 2.05) is 0 Å². The molecule has 0 radical (unpaired) electrons. The molecule has 3 nitrogen and oxygen atoms in total. The molecule has 1 aliphatic heterocycles. The molecule has 0 aromatic heterocycles. The highest BCUT2D eigenvalue weighted by Gasteiger charge is 2.45. The highest BCUT2D eigenvalue weighted by atomic mass is 32.2. The largest absolute Gasteiger partial charge is 0.480 e. The topological polar surface area (TPSA) is 49.3 Å². The Morgan fingerprint density at radius 3 is 2.74 bits per heavy atom. The number of carbonyl (C=O) groups is 1. The summed E-state index contributed by atoms with van der Waals surface area (Å²) in [4.78, 5) is 12.2. The Labute approximate surface area is 112 Å². The lowest BCUT2D eigenvalue weighted by atomic mass is 9.86. The van der Waals surface area contributed by atoms with E-state index in [9.17, 15) is 23.1 Å². The molecule has 0 aliphatic carbocycles. The van der Waals surface area contributed by atoms with Crippen molar-refractivity contribution in [3.8, 4) is 0 Å². The molecule has 7 heteroatoms. The summed E-state index contributed by atoms with van der Waals surface area (Å²) in [5, 5.41) is 11.6. The number of benzene rings is 1. The Morgan fingerprint density at radius 2 is 2.11 bits per heavy atom. The molecule has 1 atom stereocenters. The standard InChI is InChI=1S/C12H12F3NO2S/c13-12(14,15)7-16-11(10(17)18)5-6-19-9-4-2-1-3-8(9)11/h1-4,16H,5-7H2,(H,17,18). The number of carboxylic acids is 1. The average Bonchev–Trinajstić information content (AvgIpc) is 2.35. The first kappa shape index (κ1) is 14.2. The first-order valence-electron chi connectivity index (χ1n) is 5.63. The highest BCUT2D eigenvalue weighted by Crippen LogP contribution is 2.40. The summed E-state index contributed by atoms with van der Waals surface area (Å²) >= 11 is 1.46. The zero-order valence-corrected chi connectivity index (χ0v) is 10.6. The van der Waals surface area contributed by atoms with Crippen LogP contribution in [0.3, 0.4) is 0 Å². The van der Waals surface area contributed by atoms with Gasteiger partial charge in [-0.1, -0.05) is 18.2 Å². The van der Waals surface area contributed by atoms with Crippen LogP contribution in [0.4, 0.5) is 13.2 Å². The molecule has 0 saturated carbocycles. The van der Waals surface area contributed by atoms with Crippen molar-refractivity contribution in [2.75, 3.05) is 12.3 Å². The van der Waals surface area contributed by atoms with E-state index in [0.29, 0.717) is 16.2 Å². The molecule has 19 heavy (non-hydrogen) atoms. The molecule has 2 rings (SSSR count). The van der Waals surface area contributed by atoms with Crippen molar-refractivity contribution in [3.05, 3.63) is 29.8 Å². The number of carboxylic acid groups (broad SMARTS) is 1. The lowest BCUT2D eigenvalue weighted by Crippen LogP contribution is -2.53. The molecule has 1 aliphatic rings. The van der Waals surface area contributed by atoms with Crippen LogP contribution < -0.4 is 5.32 Å². The normalized spacial score (nSPS) is 22.9. The Morgan fingerprint density at radius 1 is 1.42 bits per heavy atom. The van der Waals surface area contributed by atoms with Crippen molar-refractivity contribution in [3.63, 3.8) is 0 Å². The van der Waals surface area contributed by atoms with E-state index in [-0.39, 0.29) is 6.42 Å². The number of alkyl halides is 3. The summed E-state index contributed by atoms with van der Waals surface area (Å²) in [6.07, 6.45) is -4.32. The van der Waals surface area contributed by atoms with Gasteiger partial charge in [0.05, 0.1) is 6.54 Å². The molecule has 1 aromatic rings. The first-order valence-corrected chi connectivity index (χ1v) is 6.61. The van der Waals surface area contributed by atoms with Gasteiger partial charge >= 0.3 is 12.1 Å². The number of hydrogen-bond donors (Lipinski definition) is 2. The number of aliphatic carboxylic acids is 1. The molecule has 0 amide bonds. The molecule has 104 valence electrons. The number of rotatable bonds is 3. The number of fused-ring (bicyclic) bond motifs is 1. The third-order valence-corrected chi connectivity index (χ3v) is 4.11. The van der Waals surface area contributed by atoms with Crippen molar-refractivity contribution in [1.29, 1.82) is 0 Å². The van der Waals surface area contributed by atoms with E-state index < -0.39 is 24.2 Å². The number of halogens is 3. The van der Waals surface area contributed by atoms with Crippen molar-refractivity contribution in [1.82, 2.24) is 5.32 Å². The van der Waals surface area contributed by atoms with Crippen LogP contribution in [0.25, 0.3) is 0 Å². The third kappa shape index (κ3) is 2.87. The minimum Gasteiger partial charge on any atom is -0.480 e. The predicted molar refractivity (Wildman–Crippen MR) is 65.2 cm³/mol. The average molecular weight is 291 g/mol. The Bertz CT molecular complexity index is 492. The van der Waals surface area contributed by atoms with Gasteiger partial charge in [0.25, 0.3) is 0 Å². The van der Waals surface area contributed by atoms with Gasteiger partial charge in [0.1, 0.15) is 5.54 Å². The van der Waals surface area contributed by atoms with Crippen molar-refractivity contribution in [2.45, 2.75) is 23.0 Å². The molecule has 1 aromatic carbocycles. The second kappa shape index (κ2) is 5.05. The summed E-state index contributed by atoms with van der Waals surface area (Å²) in [6.45, 7) is -1.32. The zero-order chi connectivity index (χ0) is 14.1. The quantitative estimate of drug-likeness (QED) is 0.899. The van der Waals surface area contributed by atoms with Crippen LogP contribution in [-0.4, -0.2) is 29.5 Å². The van der Waals surface area contributed by atoms with Gasteiger partial charge in [0.15, 0.2) is 0 Å². The van der Waals surface area contributed by atoms with E-state index >= 15 is 0 Å². The van der Waals surface area contributed by atoms with Crippen molar-refractivity contribution in [2.24, 2.45) is 0 Å². The Balaban J connectivity index is 2.38. The molecular formula is C12H12F3NO2S. The first-order chi connectivity index (χ1) is 8.85. The summed E-state index contributed by atoms with van der Waals surface area (Å²) in [6, 6.07) is 6.68. The van der Waals surface area contributed by atoms with Gasteiger partial charge in [-0.15, -0.1) is 11.8 Å². The zero-order valence-electron chi connectivity index (χ0n) is 9.83. The van der Waals surface area contributed by atoms with Crippen LogP contribution in [0.2, 0.25) is 0 Å². The predicted octanol–water partition coefficient (Wildman–Crippen LogP) is 2.61. The maximum Gasteiger partial charge on any atom is 0.401 e. The molecule has 0 saturated heterocycles. The molecule has 0 fully saturated rings. The second-order valence-corrected chi connectivity index (χ2v) is 5.41. The monoisotopic (exact) mass is 291 g/mol. The fraction of sp³-hybridized carbons (Fsp3) is 0.417. The van der Waals surface area contributed by atoms with Crippen molar-refractivity contribution < 1.29 is 23.1 Å². The molecule has 2 N–H and O–H groups in total. The van der Waals surface area contributed by atoms with Crippen LogP contribution in [0, 0.1) is 0 Å². The fourth-order valence-electron chi connectivity index (χ4n) is 2.13. The van der Waals surface area contributed by atoms with Crippen LogP contribution >= 0.6 is 11.8 Å². The van der Waals surface area contributed by atoms with Gasteiger partial charge in [-0.2, -0.15) is 13.2 Å². The molecule has 1 unspecified atom stereocenters. The second-order valence-electron chi connectivity index (χ2n) is 4.27. The number of thioether (sulfide) groups is 1. The van der Waals surface area contributed by atoms with Crippen LogP contribution in [0.15, 0.2) is 29.2 Å². The SMILES string of the molecule is O=C(O)C1(NCC(F)(F)F)CCSc2ccccc21. The van der Waals surface area contributed by atoms with Gasteiger partial charge in [-0.05, 0) is 18.1 Å². The fourth-order valence-corrected chi connectivity index (χ4v) is 3.33. The van der Waals surface area contributed by atoms with Crippen LogP contribution in [-0.2, 0) is 10.3 Å². The van der Waals surface area contributed by atoms with Gasteiger partial charge < -0.3 is 5.11 Å². The lowest BCUT2D eigenvalue weighted by molar-refractivity contribution is -0.151. The summed E-state index contributed by atoms with van der Waals surface area (Å²) in [5.41, 5.74) is -1.25. The highest BCUT2D eigenvalue weighted by molar-refractivity contribution is 7.99. The van der Waals surface area contributed by atoms with Gasteiger partial charge in [-0.25, -0.2) is 4.79 Å². The van der Waals surface area contributed by atoms with Crippen LogP contribution in [0.1, 0.15) is 12.0 Å². The van der Waals surface area contributed by atoms with E-state index in [2.05, 4.69) is 5.32 Å². The van der Waals surface area contributed by atoms with E-state index in [4.69, 9.17) is 0 Å². The molecule has 1 heterocycles. The maximum absolute atomic E-state index is 12.4. The van der Waals surface area contributed by atoms with E-state index in [1.165, 1.54) is 11.8 Å². The molecular weight excluding hydrogens is 279 g/mol. The van der Waals surface area contributed by atoms with E-state index in [0.717, 1.165) is 0 Å².